The van der Waals surface area contributed by atoms with Gasteiger partial charge in [-0.25, -0.2) is 4.79 Å². The summed E-state index contributed by atoms with van der Waals surface area (Å²) in [6, 6.07) is 0. The van der Waals surface area contributed by atoms with E-state index in [0.717, 1.165) is 0 Å². The van der Waals surface area contributed by atoms with E-state index in [9.17, 15) is 9.59 Å². The molecule has 3 nitrogen and oxygen atoms in total. The van der Waals surface area contributed by atoms with Crippen LogP contribution in [0.2, 0.25) is 0 Å². The quantitative estimate of drug-likeness (QED) is 0.680. The molecule has 0 aromatic heterocycles. The van der Waals surface area contributed by atoms with E-state index in [1.165, 1.54) is 0 Å². The van der Waals surface area contributed by atoms with Gasteiger partial charge in [0.15, 0.2) is 0 Å². The Hall–Kier alpha value is -1.60. The van der Waals surface area contributed by atoms with Gasteiger partial charge < -0.3 is 10.5 Å². The van der Waals surface area contributed by atoms with Gasteiger partial charge in [-0.1, -0.05) is 6.08 Å². The first kappa shape index (κ1) is 10.5. The van der Waals surface area contributed by atoms with E-state index >= 15 is 0 Å². The lowest BCUT2D eigenvalue weighted by Gasteiger charge is -2.14. The van der Waals surface area contributed by atoms with Crippen LogP contribution in [0.5, 0.6) is 0 Å². The molecule has 0 heterocycles. The summed E-state index contributed by atoms with van der Waals surface area (Å²) in [7, 11) is 0. The van der Waals surface area contributed by atoms with E-state index in [0.29, 0.717) is 24.1 Å². The Balaban J connectivity index is 2.68. The van der Waals surface area contributed by atoms with E-state index in [1.807, 2.05) is 12.0 Å². The van der Waals surface area contributed by atoms with Crippen molar-refractivity contribution in [1.29, 1.82) is 0 Å². The molecule has 2 N–H and O–H groups in total. The van der Waals surface area contributed by atoms with Gasteiger partial charge >= 0.3 is 0 Å². The molecule has 0 aromatic rings. The fourth-order valence-electron chi connectivity index (χ4n) is 1.38. The molecule has 0 fully saturated rings. The fraction of sp³-hybridized carbons (Fsp3) is 0.364. The maximum Gasteiger partial charge on any atom is 0.129 e. The molecule has 1 aliphatic carbocycles. The number of Topliss-reactive ketones (excluding diaryl/α,β-unsaturated/α-hetero) is 1. The highest BCUT2D eigenvalue weighted by Gasteiger charge is 2.14. The van der Waals surface area contributed by atoms with Crippen LogP contribution in [0.3, 0.4) is 0 Å². The molecule has 1 rings (SSSR count). The molecule has 0 radical (unpaired) electrons. The maximum absolute atomic E-state index is 10.8. The van der Waals surface area contributed by atoms with Crippen molar-refractivity contribution in [1.82, 2.24) is 0 Å². The topological polar surface area (TPSA) is 60.2 Å². The van der Waals surface area contributed by atoms with E-state index in [-0.39, 0.29) is 11.7 Å². The van der Waals surface area contributed by atoms with E-state index in [1.54, 1.807) is 19.1 Å². The molecule has 0 amide bonds. The van der Waals surface area contributed by atoms with Crippen LogP contribution in [0, 0.1) is 5.92 Å². The van der Waals surface area contributed by atoms with Gasteiger partial charge in [0, 0.05) is 23.6 Å². The zero-order chi connectivity index (χ0) is 10.6. The molecule has 74 valence electrons. The minimum atomic E-state index is -0.0105. The Bertz CT molecular complexity index is 346. The lowest BCUT2D eigenvalue weighted by molar-refractivity contribution is -0.117. The van der Waals surface area contributed by atoms with Gasteiger partial charge in [-0.3, -0.25) is 0 Å². The van der Waals surface area contributed by atoms with E-state index in [4.69, 9.17) is 5.73 Å². The minimum absolute atomic E-state index is 0.0105. The van der Waals surface area contributed by atoms with Crippen molar-refractivity contribution in [2.45, 2.75) is 19.8 Å². The number of nitrogens with two attached hydrogens (primary N) is 1. The molecule has 1 atom stereocenters. The smallest absolute Gasteiger partial charge is 0.129 e. The van der Waals surface area contributed by atoms with Gasteiger partial charge in [0.25, 0.3) is 0 Å². The molecule has 0 spiro atoms. The summed E-state index contributed by atoms with van der Waals surface area (Å²) >= 11 is 0. The molecule has 0 bridgehead atoms. The normalized spacial score (nSPS) is 20.2. The van der Waals surface area contributed by atoms with Gasteiger partial charge in [0.2, 0.25) is 0 Å². The van der Waals surface area contributed by atoms with E-state index < -0.39 is 0 Å². The molecule has 14 heavy (non-hydrogen) atoms. The fourth-order valence-corrected chi connectivity index (χ4v) is 1.38. The van der Waals surface area contributed by atoms with Crippen LogP contribution in [-0.4, -0.2) is 11.7 Å². The summed E-state index contributed by atoms with van der Waals surface area (Å²) in [5.41, 5.74) is 6.62. The van der Waals surface area contributed by atoms with Gasteiger partial charge in [-0.2, -0.15) is 0 Å². The van der Waals surface area contributed by atoms with Crippen LogP contribution in [-0.2, 0) is 9.59 Å². The third-order valence-corrected chi connectivity index (χ3v) is 2.17. The largest absolute Gasteiger partial charge is 0.399 e. The molecule has 0 aliphatic heterocycles. The van der Waals surface area contributed by atoms with Crippen LogP contribution < -0.4 is 5.73 Å². The van der Waals surface area contributed by atoms with Crippen molar-refractivity contribution in [3.63, 3.8) is 0 Å². The Kier molecular flexibility index (Phi) is 3.43. The summed E-state index contributed by atoms with van der Waals surface area (Å²) in [6.45, 7) is 1.54. The number of rotatable bonds is 3. The highest BCUT2D eigenvalue weighted by molar-refractivity contribution is 5.75. The Morgan fingerprint density at radius 3 is 2.93 bits per heavy atom. The summed E-state index contributed by atoms with van der Waals surface area (Å²) < 4.78 is 0. The maximum atomic E-state index is 10.8. The van der Waals surface area contributed by atoms with Crippen LogP contribution >= 0.6 is 0 Å². The van der Waals surface area contributed by atoms with Gasteiger partial charge in [0.05, 0.1) is 0 Å². The summed E-state index contributed by atoms with van der Waals surface area (Å²) in [4.78, 5) is 21.4. The highest BCUT2D eigenvalue weighted by atomic mass is 16.1. The number of carbonyl (C=O) groups excluding carboxylic acids is 2. The van der Waals surface area contributed by atoms with E-state index in [2.05, 4.69) is 0 Å². The second kappa shape index (κ2) is 4.58. The molecule has 0 aromatic carbocycles. The molecule has 0 saturated heterocycles. The average Bonchev–Trinajstić information content (AvgIpc) is 2.15. The third kappa shape index (κ3) is 2.71. The zero-order valence-electron chi connectivity index (χ0n) is 8.12. The number of ketones is 1. The van der Waals surface area contributed by atoms with Crippen LogP contribution in [0.25, 0.3) is 0 Å². The monoisotopic (exact) mass is 191 g/mol. The Morgan fingerprint density at radius 2 is 2.36 bits per heavy atom. The second-order valence-corrected chi connectivity index (χ2v) is 3.41. The third-order valence-electron chi connectivity index (χ3n) is 2.17. The molecule has 3 heteroatoms. The number of hydrogen-bond donors (Lipinski definition) is 1. The van der Waals surface area contributed by atoms with Crippen molar-refractivity contribution >= 4 is 11.7 Å². The predicted octanol–water partition coefficient (Wildman–Crippen LogP) is 1.14. The summed E-state index contributed by atoms with van der Waals surface area (Å²) in [5, 5.41) is 0. The predicted molar refractivity (Wildman–Crippen MR) is 54.0 cm³/mol. The number of carbonyl (C=O) groups is 1. The van der Waals surface area contributed by atoms with Crippen molar-refractivity contribution in [2.75, 3.05) is 0 Å². The van der Waals surface area contributed by atoms with Gasteiger partial charge in [-0.05, 0) is 25.5 Å². The molecule has 1 aliphatic rings. The van der Waals surface area contributed by atoms with Crippen LogP contribution in [0.4, 0.5) is 0 Å². The molecule has 0 saturated carbocycles. The standard InChI is InChI=1S/C11H13NO2/c1-8(14)2-3-9-4-5-11(12)6-10(9)7-13/h4-6,9H,2-3,12H2,1H3. The van der Waals surface area contributed by atoms with Crippen LogP contribution in [0.15, 0.2) is 29.5 Å². The molecular formula is C11H13NO2. The van der Waals surface area contributed by atoms with Crippen molar-refractivity contribution in [3.05, 3.63) is 29.5 Å². The molecular weight excluding hydrogens is 178 g/mol. The average molecular weight is 191 g/mol. The first-order valence-corrected chi connectivity index (χ1v) is 4.53. The first-order chi connectivity index (χ1) is 6.63. The lowest BCUT2D eigenvalue weighted by atomic mass is 9.90. The van der Waals surface area contributed by atoms with Crippen molar-refractivity contribution < 1.29 is 9.59 Å². The molecule has 1 unspecified atom stereocenters. The lowest BCUT2D eigenvalue weighted by Crippen LogP contribution is -2.09. The summed E-state index contributed by atoms with van der Waals surface area (Å²) in [6.07, 6.45) is 6.34. The van der Waals surface area contributed by atoms with Crippen LogP contribution in [0.1, 0.15) is 19.8 Å². The Morgan fingerprint density at radius 1 is 1.64 bits per heavy atom. The van der Waals surface area contributed by atoms with Gasteiger partial charge in [-0.15, -0.1) is 0 Å². The zero-order valence-corrected chi connectivity index (χ0v) is 8.12. The number of hydrogen-bond acceptors (Lipinski definition) is 3. The minimum Gasteiger partial charge on any atom is -0.399 e. The second-order valence-electron chi connectivity index (χ2n) is 3.41. The first-order valence-electron chi connectivity index (χ1n) is 4.53. The van der Waals surface area contributed by atoms with Crippen molar-refractivity contribution in [3.8, 4) is 0 Å². The number of allylic oxidation sites excluding steroid dienone is 4. The highest BCUT2D eigenvalue weighted by Crippen LogP contribution is 2.22. The Labute approximate surface area is 83.0 Å². The summed E-state index contributed by atoms with van der Waals surface area (Å²) in [5.74, 6) is 1.98. The van der Waals surface area contributed by atoms with Crippen molar-refractivity contribution in [2.24, 2.45) is 11.7 Å². The van der Waals surface area contributed by atoms with Gasteiger partial charge in [0.1, 0.15) is 11.7 Å². The SMILES string of the molecule is CC(=O)CCC1C=CC(N)=CC1=C=O.